The third-order valence-electron chi connectivity index (χ3n) is 2.97. The van der Waals surface area contributed by atoms with Crippen LogP contribution in [0.3, 0.4) is 0 Å². The molecule has 0 bridgehead atoms. The molecule has 1 aromatic heterocycles. The monoisotopic (exact) mass is 255 g/mol. The molecule has 0 aliphatic carbocycles. The van der Waals surface area contributed by atoms with Crippen LogP contribution in [-0.4, -0.2) is 10.9 Å². The molecule has 3 N–H and O–H groups in total. The van der Waals surface area contributed by atoms with Crippen LogP contribution in [0.5, 0.6) is 0 Å². The van der Waals surface area contributed by atoms with E-state index in [0.29, 0.717) is 11.5 Å². The largest absolute Gasteiger partial charge is 0.399 e. The molecule has 98 valence electrons. The highest BCUT2D eigenvalue weighted by atomic mass is 16.1. The number of rotatable bonds is 3. The molecule has 0 fully saturated rings. The Hall–Kier alpha value is -2.36. The number of aromatic nitrogens is 1. The van der Waals surface area contributed by atoms with E-state index in [1.54, 1.807) is 12.3 Å². The van der Waals surface area contributed by atoms with E-state index < -0.39 is 0 Å². The third-order valence-corrected chi connectivity index (χ3v) is 2.97. The van der Waals surface area contributed by atoms with Gasteiger partial charge in [-0.15, -0.1) is 0 Å². The number of nitrogens with one attached hydrogen (secondary N) is 1. The van der Waals surface area contributed by atoms with Gasteiger partial charge < -0.3 is 11.1 Å². The minimum atomic E-state index is -0.272. The number of nitrogens with zero attached hydrogens (tertiary/aromatic N) is 1. The van der Waals surface area contributed by atoms with Crippen molar-refractivity contribution in [3.63, 3.8) is 0 Å². The van der Waals surface area contributed by atoms with Crippen molar-refractivity contribution in [3.8, 4) is 0 Å². The molecule has 4 nitrogen and oxygen atoms in total. The van der Waals surface area contributed by atoms with Gasteiger partial charge in [0.1, 0.15) is 5.82 Å². The second kappa shape index (κ2) is 5.52. The van der Waals surface area contributed by atoms with Crippen molar-refractivity contribution >= 4 is 17.4 Å². The molecule has 4 heteroatoms. The average Bonchev–Trinajstić information content (AvgIpc) is 2.38. The number of anilines is 2. The van der Waals surface area contributed by atoms with Gasteiger partial charge in [-0.25, -0.2) is 4.98 Å². The first-order valence-corrected chi connectivity index (χ1v) is 6.15. The molecule has 1 atom stereocenters. The fourth-order valence-corrected chi connectivity index (χ4v) is 1.82. The van der Waals surface area contributed by atoms with Crippen LogP contribution < -0.4 is 11.1 Å². The lowest BCUT2D eigenvalue weighted by atomic mass is 10.00. The molecular weight excluding hydrogens is 238 g/mol. The van der Waals surface area contributed by atoms with Crippen LogP contribution in [0.2, 0.25) is 0 Å². The molecule has 2 rings (SSSR count). The van der Waals surface area contributed by atoms with E-state index in [0.717, 1.165) is 11.1 Å². The molecule has 1 unspecified atom stereocenters. The van der Waals surface area contributed by atoms with Crippen molar-refractivity contribution in [3.05, 3.63) is 53.7 Å². The van der Waals surface area contributed by atoms with E-state index in [1.165, 1.54) is 0 Å². The standard InChI is InChI=1S/C15H17N3O/c1-10-6-7-17-14(8-10)18-15(19)11(2)12-4-3-5-13(16)9-12/h3-9,11H,16H2,1-2H3,(H,17,18,19). The number of amides is 1. The number of hydrogen-bond donors (Lipinski definition) is 2. The summed E-state index contributed by atoms with van der Waals surface area (Å²) in [6, 6.07) is 11.1. The summed E-state index contributed by atoms with van der Waals surface area (Å²) in [5.74, 6) is 0.204. The van der Waals surface area contributed by atoms with Crippen LogP contribution in [0.15, 0.2) is 42.6 Å². The SMILES string of the molecule is Cc1ccnc(NC(=O)C(C)c2cccc(N)c2)c1. The minimum Gasteiger partial charge on any atom is -0.399 e. The van der Waals surface area contributed by atoms with Crippen LogP contribution in [0.1, 0.15) is 24.0 Å². The number of carbonyl (C=O) groups is 1. The number of hydrogen-bond acceptors (Lipinski definition) is 3. The number of nitrogen functional groups attached to an aromatic ring is 1. The van der Waals surface area contributed by atoms with Gasteiger partial charge in [0.05, 0.1) is 5.92 Å². The molecule has 1 amide bonds. The lowest BCUT2D eigenvalue weighted by Gasteiger charge is -2.12. The second-order valence-corrected chi connectivity index (χ2v) is 4.60. The second-order valence-electron chi connectivity index (χ2n) is 4.60. The summed E-state index contributed by atoms with van der Waals surface area (Å²) in [6.07, 6.45) is 1.68. The maximum absolute atomic E-state index is 12.1. The first-order chi connectivity index (χ1) is 9.06. The van der Waals surface area contributed by atoms with Crippen molar-refractivity contribution in [1.82, 2.24) is 4.98 Å². The number of aryl methyl sites for hydroxylation is 1. The van der Waals surface area contributed by atoms with Gasteiger partial charge in [0.2, 0.25) is 5.91 Å². The molecule has 0 saturated heterocycles. The zero-order valence-corrected chi connectivity index (χ0v) is 11.1. The molecule has 0 spiro atoms. The van der Waals surface area contributed by atoms with E-state index in [-0.39, 0.29) is 11.8 Å². The van der Waals surface area contributed by atoms with E-state index in [1.807, 2.05) is 44.2 Å². The lowest BCUT2D eigenvalue weighted by molar-refractivity contribution is -0.117. The molecular formula is C15H17N3O. The Kier molecular flexibility index (Phi) is 3.80. The van der Waals surface area contributed by atoms with Crippen molar-refractivity contribution in [2.24, 2.45) is 0 Å². The van der Waals surface area contributed by atoms with Crippen molar-refractivity contribution in [2.45, 2.75) is 19.8 Å². The zero-order valence-electron chi connectivity index (χ0n) is 11.1. The topological polar surface area (TPSA) is 68.0 Å². The molecule has 0 aliphatic rings. The van der Waals surface area contributed by atoms with Crippen LogP contribution in [0, 0.1) is 6.92 Å². The fourth-order valence-electron chi connectivity index (χ4n) is 1.82. The highest BCUT2D eigenvalue weighted by Crippen LogP contribution is 2.19. The fraction of sp³-hybridized carbons (Fsp3) is 0.200. The van der Waals surface area contributed by atoms with Gasteiger partial charge in [-0.1, -0.05) is 12.1 Å². The summed E-state index contributed by atoms with van der Waals surface area (Å²) < 4.78 is 0. The van der Waals surface area contributed by atoms with Crippen molar-refractivity contribution in [2.75, 3.05) is 11.1 Å². The van der Waals surface area contributed by atoms with Crippen LogP contribution in [0.4, 0.5) is 11.5 Å². The average molecular weight is 255 g/mol. The van der Waals surface area contributed by atoms with Gasteiger partial charge in [0.15, 0.2) is 0 Å². The van der Waals surface area contributed by atoms with Crippen molar-refractivity contribution < 1.29 is 4.79 Å². The summed E-state index contributed by atoms with van der Waals surface area (Å²) >= 11 is 0. The molecule has 2 aromatic rings. The summed E-state index contributed by atoms with van der Waals surface area (Å²) in [6.45, 7) is 3.80. The number of nitrogens with two attached hydrogens (primary N) is 1. The predicted octanol–water partition coefficient (Wildman–Crippen LogP) is 2.71. The zero-order chi connectivity index (χ0) is 13.8. The molecule has 0 radical (unpaired) electrons. The Morgan fingerprint density at radius 1 is 1.32 bits per heavy atom. The van der Waals surface area contributed by atoms with Crippen LogP contribution in [-0.2, 0) is 4.79 Å². The third kappa shape index (κ3) is 3.31. The van der Waals surface area contributed by atoms with Gasteiger partial charge in [-0.2, -0.15) is 0 Å². The van der Waals surface area contributed by atoms with Crippen LogP contribution in [0.25, 0.3) is 0 Å². The molecule has 0 saturated carbocycles. The lowest BCUT2D eigenvalue weighted by Crippen LogP contribution is -2.19. The molecule has 0 aliphatic heterocycles. The molecule has 1 aromatic carbocycles. The van der Waals surface area contributed by atoms with Crippen LogP contribution >= 0.6 is 0 Å². The first-order valence-electron chi connectivity index (χ1n) is 6.15. The summed E-state index contributed by atoms with van der Waals surface area (Å²) in [5, 5.41) is 2.81. The minimum absolute atomic E-state index is 0.0938. The van der Waals surface area contributed by atoms with Gasteiger partial charge in [-0.3, -0.25) is 4.79 Å². The number of pyridine rings is 1. The molecule has 19 heavy (non-hydrogen) atoms. The predicted molar refractivity (Wildman–Crippen MR) is 76.9 cm³/mol. The maximum Gasteiger partial charge on any atom is 0.232 e. The van der Waals surface area contributed by atoms with E-state index in [4.69, 9.17) is 5.73 Å². The normalized spacial score (nSPS) is 11.9. The smallest absolute Gasteiger partial charge is 0.232 e. The Balaban J connectivity index is 2.12. The highest BCUT2D eigenvalue weighted by molar-refractivity contribution is 5.94. The van der Waals surface area contributed by atoms with Gasteiger partial charge in [0.25, 0.3) is 0 Å². The highest BCUT2D eigenvalue weighted by Gasteiger charge is 2.15. The van der Waals surface area contributed by atoms with Gasteiger partial charge in [-0.05, 0) is 49.2 Å². The Labute approximate surface area is 112 Å². The Morgan fingerprint density at radius 3 is 2.79 bits per heavy atom. The first kappa shape index (κ1) is 13.1. The summed E-state index contributed by atoms with van der Waals surface area (Å²) in [7, 11) is 0. The summed E-state index contributed by atoms with van der Waals surface area (Å²) in [5.41, 5.74) is 8.33. The number of carbonyl (C=O) groups excluding carboxylic acids is 1. The van der Waals surface area contributed by atoms with E-state index >= 15 is 0 Å². The number of benzene rings is 1. The summed E-state index contributed by atoms with van der Waals surface area (Å²) in [4.78, 5) is 16.3. The van der Waals surface area contributed by atoms with Gasteiger partial charge >= 0.3 is 0 Å². The van der Waals surface area contributed by atoms with Gasteiger partial charge in [0, 0.05) is 11.9 Å². The quantitative estimate of drug-likeness (QED) is 0.829. The van der Waals surface area contributed by atoms with E-state index in [9.17, 15) is 4.79 Å². The Bertz CT molecular complexity index is 595. The maximum atomic E-state index is 12.1. The molecule has 1 heterocycles. The van der Waals surface area contributed by atoms with Crippen molar-refractivity contribution in [1.29, 1.82) is 0 Å². The Morgan fingerprint density at radius 2 is 2.11 bits per heavy atom. The van der Waals surface area contributed by atoms with E-state index in [2.05, 4.69) is 10.3 Å².